The van der Waals surface area contributed by atoms with Gasteiger partial charge in [0.15, 0.2) is 0 Å². The fourth-order valence-corrected chi connectivity index (χ4v) is 2.62. The molecule has 0 N–H and O–H groups in total. The zero-order valence-corrected chi connectivity index (χ0v) is 9.28. The highest BCUT2D eigenvalue weighted by molar-refractivity contribution is 14.1. The van der Waals surface area contributed by atoms with Crippen LogP contribution in [0.4, 0.5) is 0 Å². The third-order valence-electron chi connectivity index (χ3n) is 2.47. The molecule has 0 radical (unpaired) electrons. The summed E-state index contributed by atoms with van der Waals surface area (Å²) in [5, 5.41) is 0. The Morgan fingerprint density at radius 2 is 2.00 bits per heavy atom. The maximum absolute atomic E-state index is 2.38. The van der Waals surface area contributed by atoms with E-state index in [1.54, 1.807) is 0 Å². The van der Waals surface area contributed by atoms with E-state index in [0.29, 0.717) is 0 Å². The molecule has 1 aliphatic rings. The quantitative estimate of drug-likeness (QED) is 0.561. The fourth-order valence-electron chi connectivity index (χ4n) is 1.67. The molecule has 1 aromatic carbocycles. The van der Waals surface area contributed by atoms with Gasteiger partial charge in [0.25, 0.3) is 0 Å². The third kappa shape index (κ3) is 1.50. The molecule has 1 aromatic rings. The Labute approximate surface area is 87.3 Å². The summed E-state index contributed by atoms with van der Waals surface area (Å²) in [7, 11) is 0. The minimum absolute atomic E-state index is 0.781. The predicted octanol–water partition coefficient (Wildman–Crippen LogP) is 2.74. The van der Waals surface area contributed by atoms with Gasteiger partial charge in [-0.2, -0.15) is 0 Å². The molecule has 0 aromatic heterocycles. The summed E-state index contributed by atoms with van der Waals surface area (Å²) < 4.78 is 2.33. The van der Waals surface area contributed by atoms with Gasteiger partial charge >= 0.3 is 0 Å². The third-order valence-corrected chi connectivity index (χ3v) is 3.25. The Morgan fingerprint density at radius 3 is 2.58 bits per heavy atom. The monoisotopic (exact) mass is 273 g/mol. The van der Waals surface area contributed by atoms with E-state index in [-0.39, 0.29) is 0 Å². The Morgan fingerprint density at radius 1 is 1.33 bits per heavy atom. The van der Waals surface area contributed by atoms with E-state index >= 15 is 0 Å². The molecule has 1 fully saturated rings. The lowest BCUT2D eigenvalue weighted by atomic mass is 9.90. The number of benzene rings is 1. The van der Waals surface area contributed by atoms with Crippen molar-refractivity contribution in [2.24, 2.45) is 0 Å². The summed E-state index contributed by atoms with van der Waals surface area (Å²) in [6, 6.07) is 8.70. The Kier molecular flexibility index (Phi) is 2.37. The second kappa shape index (κ2) is 3.34. The summed E-state index contributed by atoms with van der Waals surface area (Å²) in [4.78, 5) is 0. The molecule has 1 saturated heterocycles. The van der Waals surface area contributed by atoms with Crippen molar-refractivity contribution in [3.63, 3.8) is 0 Å². The second-order valence-corrected chi connectivity index (χ2v) is 4.75. The van der Waals surface area contributed by atoms with E-state index in [2.05, 4.69) is 57.2 Å². The average Bonchev–Trinajstić information content (AvgIpc) is 2.01. The molecule has 2 heteroatoms. The van der Waals surface area contributed by atoms with Crippen molar-refractivity contribution in [1.82, 2.24) is 3.11 Å². The molecule has 1 heterocycles. The van der Waals surface area contributed by atoms with Gasteiger partial charge in [-0.3, -0.25) is 0 Å². The van der Waals surface area contributed by atoms with Crippen LogP contribution in [-0.4, -0.2) is 16.2 Å². The van der Waals surface area contributed by atoms with Gasteiger partial charge in [0.2, 0.25) is 0 Å². The van der Waals surface area contributed by atoms with E-state index < -0.39 is 0 Å². The van der Waals surface area contributed by atoms with Crippen molar-refractivity contribution in [1.29, 1.82) is 0 Å². The van der Waals surface area contributed by atoms with E-state index in [9.17, 15) is 0 Å². The SMILES string of the molecule is Cc1ccccc1C1CN(I)C1. The van der Waals surface area contributed by atoms with Crippen LogP contribution >= 0.6 is 22.9 Å². The first kappa shape index (κ1) is 8.51. The first-order valence-corrected chi connectivity index (χ1v) is 5.20. The Bertz CT molecular complexity index is 279. The average molecular weight is 273 g/mol. The summed E-state index contributed by atoms with van der Waals surface area (Å²) in [6.07, 6.45) is 0. The highest BCUT2D eigenvalue weighted by atomic mass is 127. The van der Waals surface area contributed by atoms with Gasteiger partial charge in [-0.1, -0.05) is 24.3 Å². The summed E-state index contributed by atoms with van der Waals surface area (Å²) >= 11 is 2.38. The van der Waals surface area contributed by atoms with Crippen LogP contribution in [0.5, 0.6) is 0 Å². The number of rotatable bonds is 1. The van der Waals surface area contributed by atoms with Crippen LogP contribution in [0.15, 0.2) is 24.3 Å². The molecule has 1 nitrogen and oxygen atoms in total. The van der Waals surface area contributed by atoms with Gasteiger partial charge in [0.1, 0.15) is 0 Å². The van der Waals surface area contributed by atoms with Crippen molar-refractivity contribution in [2.45, 2.75) is 12.8 Å². The molecule has 1 aliphatic heterocycles. The summed E-state index contributed by atoms with van der Waals surface area (Å²) in [5.41, 5.74) is 2.97. The summed E-state index contributed by atoms with van der Waals surface area (Å²) in [6.45, 7) is 4.63. The molecule has 0 unspecified atom stereocenters. The van der Waals surface area contributed by atoms with Crippen molar-refractivity contribution < 1.29 is 0 Å². The van der Waals surface area contributed by atoms with Gasteiger partial charge in [-0.05, 0) is 18.1 Å². The smallest absolute Gasteiger partial charge is 0.0202 e. The highest BCUT2D eigenvalue weighted by Gasteiger charge is 2.26. The van der Waals surface area contributed by atoms with Crippen molar-refractivity contribution >= 4 is 22.9 Å². The lowest BCUT2D eigenvalue weighted by Crippen LogP contribution is -2.37. The van der Waals surface area contributed by atoms with Crippen LogP contribution in [0.1, 0.15) is 17.0 Å². The molecular weight excluding hydrogens is 261 g/mol. The zero-order valence-electron chi connectivity index (χ0n) is 7.13. The zero-order chi connectivity index (χ0) is 8.55. The standard InChI is InChI=1S/C10H12IN/c1-8-4-2-3-5-10(8)9-6-12(11)7-9/h2-5,9H,6-7H2,1H3. The number of aryl methyl sites for hydroxylation is 1. The Balaban J connectivity index is 2.18. The maximum atomic E-state index is 2.38. The minimum atomic E-state index is 0.781. The highest BCUT2D eigenvalue weighted by Crippen LogP contribution is 2.30. The first-order valence-electron chi connectivity index (χ1n) is 4.23. The maximum Gasteiger partial charge on any atom is 0.0202 e. The van der Waals surface area contributed by atoms with Crippen molar-refractivity contribution in [3.05, 3.63) is 35.4 Å². The van der Waals surface area contributed by atoms with Crippen LogP contribution in [0.25, 0.3) is 0 Å². The molecule has 0 spiro atoms. The number of hydrogen-bond acceptors (Lipinski definition) is 1. The Hall–Kier alpha value is -0.0900. The minimum Gasteiger partial charge on any atom is -0.246 e. The number of halogens is 1. The molecule has 64 valence electrons. The second-order valence-electron chi connectivity index (χ2n) is 3.38. The first-order chi connectivity index (χ1) is 5.77. The van der Waals surface area contributed by atoms with Crippen LogP contribution in [0.2, 0.25) is 0 Å². The summed E-state index contributed by atoms with van der Waals surface area (Å²) in [5.74, 6) is 0.781. The molecule has 2 rings (SSSR count). The predicted molar refractivity (Wildman–Crippen MR) is 59.5 cm³/mol. The van der Waals surface area contributed by atoms with Gasteiger partial charge in [-0.15, -0.1) is 0 Å². The molecule has 12 heavy (non-hydrogen) atoms. The van der Waals surface area contributed by atoms with E-state index in [1.165, 1.54) is 24.2 Å². The topological polar surface area (TPSA) is 3.24 Å². The van der Waals surface area contributed by atoms with Crippen LogP contribution in [0.3, 0.4) is 0 Å². The van der Waals surface area contributed by atoms with Gasteiger partial charge in [-0.25, -0.2) is 3.11 Å². The lowest BCUT2D eigenvalue weighted by molar-refractivity contribution is 0.318. The van der Waals surface area contributed by atoms with Crippen LogP contribution in [0, 0.1) is 6.92 Å². The normalized spacial score (nSPS) is 19.2. The molecule has 0 bridgehead atoms. The largest absolute Gasteiger partial charge is 0.246 e. The molecule has 0 aliphatic carbocycles. The van der Waals surface area contributed by atoms with Gasteiger partial charge < -0.3 is 0 Å². The number of nitrogens with zero attached hydrogens (tertiary/aromatic N) is 1. The van der Waals surface area contributed by atoms with E-state index in [1.807, 2.05) is 0 Å². The fraction of sp³-hybridized carbons (Fsp3) is 0.400. The van der Waals surface area contributed by atoms with Gasteiger partial charge in [0.05, 0.1) is 0 Å². The molecule has 0 atom stereocenters. The molecular formula is C10H12IN. The van der Waals surface area contributed by atoms with Crippen LogP contribution < -0.4 is 0 Å². The van der Waals surface area contributed by atoms with Crippen LogP contribution in [-0.2, 0) is 0 Å². The van der Waals surface area contributed by atoms with Crippen molar-refractivity contribution in [3.8, 4) is 0 Å². The molecule has 0 saturated carbocycles. The number of hydrogen-bond donors (Lipinski definition) is 0. The van der Waals surface area contributed by atoms with Crippen molar-refractivity contribution in [2.75, 3.05) is 13.1 Å². The van der Waals surface area contributed by atoms with E-state index in [4.69, 9.17) is 0 Å². The lowest BCUT2D eigenvalue weighted by Gasteiger charge is -2.35. The van der Waals surface area contributed by atoms with E-state index in [0.717, 1.165) is 5.92 Å². The van der Waals surface area contributed by atoms with Gasteiger partial charge in [0, 0.05) is 41.9 Å². The molecule has 0 amide bonds.